The standard InChI is InChI=1S/C16H18N2O2S/c1-2-8-20-14-5-3-12(4-6-14)15(19)10-13-11-18-7-9-21-16(18)17-13/h3-7,9,11,15,19H,2,8,10H2,1H3. The molecule has 1 N–H and O–H groups in total. The Balaban J connectivity index is 1.66. The zero-order valence-electron chi connectivity index (χ0n) is 11.9. The molecule has 0 spiro atoms. The summed E-state index contributed by atoms with van der Waals surface area (Å²) in [6.07, 6.45) is 4.90. The number of ether oxygens (including phenoxy) is 1. The van der Waals surface area contributed by atoms with Gasteiger partial charge >= 0.3 is 0 Å². The average molecular weight is 302 g/mol. The molecule has 4 nitrogen and oxygen atoms in total. The van der Waals surface area contributed by atoms with E-state index >= 15 is 0 Å². The van der Waals surface area contributed by atoms with Crippen LogP contribution in [0.1, 0.15) is 30.7 Å². The number of aliphatic hydroxyl groups excluding tert-OH is 1. The number of fused-ring (bicyclic) bond motifs is 1. The molecule has 0 radical (unpaired) electrons. The van der Waals surface area contributed by atoms with Crippen molar-refractivity contribution in [2.75, 3.05) is 6.61 Å². The van der Waals surface area contributed by atoms with Crippen molar-refractivity contribution in [2.24, 2.45) is 0 Å². The number of aromatic nitrogens is 2. The lowest BCUT2D eigenvalue weighted by atomic mass is 10.1. The maximum atomic E-state index is 10.3. The molecule has 0 aliphatic heterocycles. The third-order valence-corrected chi connectivity index (χ3v) is 4.05. The summed E-state index contributed by atoms with van der Waals surface area (Å²) in [4.78, 5) is 5.45. The van der Waals surface area contributed by atoms with Crippen molar-refractivity contribution in [1.82, 2.24) is 9.38 Å². The molecule has 0 amide bonds. The highest BCUT2D eigenvalue weighted by Gasteiger charge is 2.12. The topological polar surface area (TPSA) is 46.8 Å². The second-order valence-electron chi connectivity index (χ2n) is 4.96. The molecule has 0 aliphatic rings. The van der Waals surface area contributed by atoms with Crippen LogP contribution in [0.2, 0.25) is 0 Å². The Bertz CT molecular complexity index is 674. The zero-order valence-corrected chi connectivity index (χ0v) is 12.7. The maximum Gasteiger partial charge on any atom is 0.193 e. The van der Waals surface area contributed by atoms with Gasteiger partial charge < -0.3 is 9.84 Å². The van der Waals surface area contributed by atoms with E-state index in [2.05, 4.69) is 11.9 Å². The van der Waals surface area contributed by atoms with Gasteiger partial charge in [-0.05, 0) is 24.1 Å². The lowest BCUT2D eigenvalue weighted by molar-refractivity contribution is 0.177. The zero-order chi connectivity index (χ0) is 14.7. The average Bonchev–Trinajstić information content (AvgIpc) is 3.06. The molecule has 3 aromatic rings. The van der Waals surface area contributed by atoms with Crippen molar-refractivity contribution >= 4 is 16.3 Å². The molecule has 110 valence electrons. The molecule has 21 heavy (non-hydrogen) atoms. The van der Waals surface area contributed by atoms with Crippen molar-refractivity contribution in [2.45, 2.75) is 25.9 Å². The van der Waals surface area contributed by atoms with E-state index in [1.54, 1.807) is 11.3 Å². The van der Waals surface area contributed by atoms with Crippen LogP contribution in [0, 0.1) is 0 Å². The molecule has 3 rings (SSSR count). The van der Waals surface area contributed by atoms with E-state index in [0.29, 0.717) is 13.0 Å². The minimum atomic E-state index is -0.546. The molecule has 0 saturated heterocycles. The molecule has 1 unspecified atom stereocenters. The maximum absolute atomic E-state index is 10.3. The SMILES string of the molecule is CCCOc1ccc(C(O)Cc2cn3ccsc3n2)cc1. The fourth-order valence-corrected chi connectivity index (χ4v) is 2.92. The highest BCUT2D eigenvalue weighted by atomic mass is 32.1. The van der Waals surface area contributed by atoms with Crippen molar-refractivity contribution < 1.29 is 9.84 Å². The molecular formula is C16H18N2O2S. The molecular weight excluding hydrogens is 284 g/mol. The number of hydrogen-bond acceptors (Lipinski definition) is 4. The molecule has 2 heterocycles. The van der Waals surface area contributed by atoms with E-state index in [-0.39, 0.29) is 0 Å². The summed E-state index contributed by atoms with van der Waals surface area (Å²) < 4.78 is 7.52. The molecule has 0 aliphatic carbocycles. The van der Waals surface area contributed by atoms with Gasteiger partial charge in [-0.3, -0.25) is 4.40 Å². The minimum absolute atomic E-state index is 0.517. The lowest BCUT2D eigenvalue weighted by Crippen LogP contribution is -2.02. The minimum Gasteiger partial charge on any atom is -0.494 e. The van der Waals surface area contributed by atoms with Gasteiger partial charge in [0.25, 0.3) is 0 Å². The fraction of sp³-hybridized carbons (Fsp3) is 0.312. The Morgan fingerprint density at radius 2 is 2.14 bits per heavy atom. The van der Waals surface area contributed by atoms with Gasteiger partial charge in [-0.1, -0.05) is 19.1 Å². The molecule has 1 atom stereocenters. The van der Waals surface area contributed by atoms with Crippen LogP contribution in [-0.4, -0.2) is 21.1 Å². The van der Waals surface area contributed by atoms with E-state index in [9.17, 15) is 5.11 Å². The number of rotatable bonds is 6. The summed E-state index contributed by atoms with van der Waals surface area (Å²) in [7, 11) is 0. The number of nitrogens with zero attached hydrogens (tertiary/aromatic N) is 2. The largest absolute Gasteiger partial charge is 0.494 e. The van der Waals surface area contributed by atoms with E-state index in [1.807, 2.05) is 46.4 Å². The van der Waals surface area contributed by atoms with Gasteiger partial charge in [-0.15, -0.1) is 11.3 Å². The number of thiazole rings is 1. The molecule has 5 heteroatoms. The van der Waals surface area contributed by atoms with Gasteiger partial charge in [-0.25, -0.2) is 4.98 Å². The molecule has 0 fully saturated rings. The van der Waals surface area contributed by atoms with Crippen LogP contribution in [0.4, 0.5) is 0 Å². The Morgan fingerprint density at radius 1 is 1.33 bits per heavy atom. The van der Waals surface area contributed by atoms with Gasteiger partial charge in [-0.2, -0.15) is 0 Å². The summed E-state index contributed by atoms with van der Waals surface area (Å²) >= 11 is 1.59. The predicted octanol–water partition coefficient (Wildman–Crippen LogP) is 3.46. The van der Waals surface area contributed by atoms with Crippen molar-refractivity contribution in [3.8, 4) is 5.75 Å². The summed E-state index contributed by atoms with van der Waals surface area (Å²) in [6, 6.07) is 7.63. The number of imidazole rings is 1. The molecule has 0 bridgehead atoms. The van der Waals surface area contributed by atoms with Gasteiger partial charge in [0.15, 0.2) is 4.96 Å². The highest BCUT2D eigenvalue weighted by Crippen LogP contribution is 2.22. The molecule has 1 aromatic carbocycles. The Morgan fingerprint density at radius 3 is 2.86 bits per heavy atom. The third-order valence-electron chi connectivity index (χ3n) is 3.28. The van der Waals surface area contributed by atoms with Crippen LogP contribution >= 0.6 is 11.3 Å². The number of benzene rings is 1. The van der Waals surface area contributed by atoms with Gasteiger partial charge in [0.1, 0.15) is 5.75 Å². The van der Waals surface area contributed by atoms with Crippen LogP contribution < -0.4 is 4.74 Å². The first kappa shape index (κ1) is 14.1. The first-order valence-corrected chi connectivity index (χ1v) is 7.96. The van der Waals surface area contributed by atoms with E-state index < -0.39 is 6.10 Å². The van der Waals surface area contributed by atoms with Crippen molar-refractivity contribution in [1.29, 1.82) is 0 Å². The fourth-order valence-electron chi connectivity index (χ4n) is 2.20. The van der Waals surface area contributed by atoms with Crippen molar-refractivity contribution in [3.05, 3.63) is 53.3 Å². The first-order valence-electron chi connectivity index (χ1n) is 7.08. The summed E-state index contributed by atoms with van der Waals surface area (Å²) in [5, 5.41) is 12.3. The Labute approximate surface area is 127 Å². The molecule has 0 saturated carbocycles. The quantitative estimate of drug-likeness (QED) is 0.758. The second-order valence-corrected chi connectivity index (χ2v) is 5.84. The lowest BCUT2D eigenvalue weighted by Gasteiger charge is -2.10. The van der Waals surface area contributed by atoms with E-state index in [1.165, 1.54) is 0 Å². The Kier molecular flexibility index (Phi) is 4.22. The summed E-state index contributed by atoms with van der Waals surface area (Å²) in [5.74, 6) is 0.843. The normalized spacial score (nSPS) is 12.7. The van der Waals surface area contributed by atoms with Gasteiger partial charge in [0.05, 0.1) is 18.4 Å². The highest BCUT2D eigenvalue weighted by molar-refractivity contribution is 7.15. The summed E-state index contributed by atoms with van der Waals surface area (Å²) in [5.41, 5.74) is 1.79. The predicted molar refractivity (Wildman–Crippen MR) is 84.0 cm³/mol. The monoisotopic (exact) mass is 302 g/mol. The Hall–Kier alpha value is -1.85. The van der Waals surface area contributed by atoms with E-state index in [4.69, 9.17) is 4.74 Å². The van der Waals surface area contributed by atoms with Crippen LogP contribution in [0.3, 0.4) is 0 Å². The van der Waals surface area contributed by atoms with E-state index in [0.717, 1.165) is 28.4 Å². The van der Waals surface area contributed by atoms with Gasteiger partial charge in [0, 0.05) is 24.2 Å². The van der Waals surface area contributed by atoms with Crippen LogP contribution in [0.15, 0.2) is 42.0 Å². The molecule has 2 aromatic heterocycles. The first-order chi connectivity index (χ1) is 10.3. The van der Waals surface area contributed by atoms with Crippen LogP contribution in [-0.2, 0) is 6.42 Å². The van der Waals surface area contributed by atoms with Crippen LogP contribution in [0.25, 0.3) is 4.96 Å². The van der Waals surface area contributed by atoms with Crippen molar-refractivity contribution in [3.63, 3.8) is 0 Å². The number of aliphatic hydroxyl groups is 1. The second kappa shape index (κ2) is 6.28. The summed E-state index contributed by atoms with van der Waals surface area (Å²) in [6.45, 7) is 2.79. The van der Waals surface area contributed by atoms with Gasteiger partial charge in [0.2, 0.25) is 0 Å². The van der Waals surface area contributed by atoms with Crippen LogP contribution in [0.5, 0.6) is 5.75 Å². The third kappa shape index (κ3) is 3.25. The smallest absolute Gasteiger partial charge is 0.193 e. The number of hydrogen-bond donors (Lipinski definition) is 1.